The van der Waals surface area contributed by atoms with Crippen LogP contribution in [0.2, 0.25) is 0 Å². The summed E-state index contributed by atoms with van der Waals surface area (Å²) in [4.78, 5) is 22.9. The minimum absolute atomic E-state index is 0.0533. The van der Waals surface area contributed by atoms with Gasteiger partial charge in [-0.3, -0.25) is 13.8 Å². The van der Waals surface area contributed by atoms with Gasteiger partial charge in [0.15, 0.2) is 0 Å². The fourth-order valence-corrected chi connectivity index (χ4v) is 5.36. The van der Waals surface area contributed by atoms with Gasteiger partial charge in [0.25, 0.3) is 0 Å². The molecular formula is C36H70N2O6P+. The highest BCUT2D eigenvalue weighted by molar-refractivity contribution is 7.47. The summed E-state index contributed by atoms with van der Waals surface area (Å²) in [6.07, 6.45) is 32.1. The summed E-state index contributed by atoms with van der Waals surface area (Å²) >= 11 is 0. The zero-order valence-electron chi connectivity index (χ0n) is 29.6. The Morgan fingerprint density at radius 1 is 0.733 bits per heavy atom. The van der Waals surface area contributed by atoms with Crippen LogP contribution in [0, 0.1) is 0 Å². The van der Waals surface area contributed by atoms with Gasteiger partial charge in [0.2, 0.25) is 5.91 Å². The molecule has 0 heterocycles. The lowest BCUT2D eigenvalue weighted by molar-refractivity contribution is -0.870. The first-order chi connectivity index (χ1) is 21.5. The molecule has 0 spiro atoms. The molecule has 0 aliphatic carbocycles. The van der Waals surface area contributed by atoms with Crippen molar-refractivity contribution < 1.29 is 32.9 Å². The summed E-state index contributed by atoms with van der Waals surface area (Å²) in [7, 11) is 1.54. The standard InChI is InChI=1S/C36H69N2O6P/c1-6-8-10-12-14-16-18-19-20-21-23-25-27-29-35(39)34(33-44-45(41,42)43-32-31-38(3,4)5)37-36(40)30-28-26-24-22-17-15-13-11-9-7-2/h13,15,20-21,27,29,34-35,39H,6-12,14,16-19,22-26,28,30-33H2,1-5H3,(H-,37,40,41,42)/p+1/b15-13-,21-20+,29-27+. The van der Waals surface area contributed by atoms with Crippen molar-refractivity contribution in [2.45, 2.75) is 148 Å². The Labute approximate surface area is 276 Å². The number of carbonyl (C=O) groups is 1. The minimum Gasteiger partial charge on any atom is -0.387 e. The van der Waals surface area contributed by atoms with E-state index < -0.39 is 20.0 Å². The zero-order chi connectivity index (χ0) is 33.7. The molecule has 3 atom stereocenters. The monoisotopic (exact) mass is 657 g/mol. The van der Waals surface area contributed by atoms with Gasteiger partial charge in [0, 0.05) is 6.42 Å². The number of phosphoric ester groups is 1. The zero-order valence-corrected chi connectivity index (χ0v) is 30.5. The van der Waals surface area contributed by atoms with Crippen molar-refractivity contribution in [3.63, 3.8) is 0 Å². The van der Waals surface area contributed by atoms with E-state index in [1.807, 2.05) is 27.2 Å². The van der Waals surface area contributed by atoms with E-state index in [0.29, 0.717) is 17.4 Å². The number of rotatable bonds is 31. The molecule has 0 bridgehead atoms. The number of aliphatic hydroxyl groups excluding tert-OH is 1. The van der Waals surface area contributed by atoms with Gasteiger partial charge in [-0.25, -0.2) is 4.57 Å². The van der Waals surface area contributed by atoms with Crippen LogP contribution in [0.1, 0.15) is 136 Å². The Kier molecular flexibility index (Phi) is 28.1. The van der Waals surface area contributed by atoms with E-state index in [9.17, 15) is 19.4 Å². The number of hydrogen-bond acceptors (Lipinski definition) is 5. The molecule has 0 fully saturated rings. The van der Waals surface area contributed by atoms with Crippen LogP contribution in [-0.4, -0.2) is 73.4 Å². The predicted octanol–water partition coefficient (Wildman–Crippen LogP) is 8.79. The lowest BCUT2D eigenvalue weighted by Gasteiger charge is -2.25. The SMILES string of the molecule is CCCC/C=C\CCCCCCC(=O)NC(COP(=O)(O)OCC[N+](C)(C)C)C(O)/C=C/CC/C=C/CCCCCCCCC. The Balaban J connectivity index is 4.68. The molecule has 264 valence electrons. The number of hydrogen-bond donors (Lipinski definition) is 3. The normalized spacial score (nSPS) is 15.3. The third kappa shape index (κ3) is 31.1. The summed E-state index contributed by atoms with van der Waals surface area (Å²) in [5, 5.41) is 13.7. The van der Waals surface area contributed by atoms with Gasteiger partial charge in [-0.15, -0.1) is 0 Å². The molecule has 45 heavy (non-hydrogen) atoms. The fourth-order valence-electron chi connectivity index (χ4n) is 4.62. The Morgan fingerprint density at radius 3 is 1.84 bits per heavy atom. The number of nitrogens with one attached hydrogen (secondary N) is 1. The van der Waals surface area contributed by atoms with Crippen LogP contribution in [0.4, 0.5) is 0 Å². The van der Waals surface area contributed by atoms with Gasteiger partial charge >= 0.3 is 7.82 Å². The molecule has 0 saturated heterocycles. The summed E-state index contributed by atoms with van der Waals surface area (Å²) in [5.41, 5.74) is 0. The van der Waals surface area contributed by atoms with Crippen LogP contribution in [0.15, 0.2) is 36.5 Å². The van der Waals surface area contributed by atoms with Crippen LogP contribution in [-0.2, 0) is 18.4 Å². The van der Waals surface area contributed by atoms with Crippen molar-refractivity contribution in [1.29, 1.82) is 0 Å². The van der Waals surface area contributed by atoms with Crippen molar-refractivity contribution >= 4 is 13.7 Å². The number of nitrogens with zero attached hydrogens (tertiary/aromatic N) is 1. The highest BCUT2D eigenvalue weighted by Gasteiger charge is 2.27. The molecule has 0 aromatic rings. The van der Waals surface area contributed by atoms with Crippen molar-refractivity contribution in [3.8, 4) is 0 Å². The molecular weight excluding hydrogens is 587 g/mol. The third-order valence-corrected chi connectivity index (χ3v) is 8.57. The van der Waals surface area contributed by atoms with Crippen LogP contribution in [0.5, 0.6) is 0 Å². The second-order valence-corrected chi connectivity index (χ2v) is 14.7. The van der Waals surface area contributed by atoms with E-state index in [4.69, 9.17) is 9.05 Å². The molecule has 8 nitrogen and oxygen atoms in total. The Bertz CT molecular complexity index is 840. The lowest BCUT2D eigenvalue weighted by Crippen LogP contribution is -2.45. The first-order valence-electron chi connectivity index (χ1n) is 17.9. The molecule has 0 radical (unpaired) electrons. The highest BCUT2D eigenvalue weighted by Crippen LogP contribution is 2.43. The van der Waals surface area contributed by atoms with E-state index in [0.717, 1.165) is 57.8 Å². The summed E-state index contributed by atoms with van der Waals surface area (Å²) in [5.74, 6) is -0.206. The molecule has 9 heteroatoms. The van der Waals surface area contributed by atoms with Gasteiger partial charge in [0.1, 0.15) is 13.2 Å². The summed E-state index contributed by atoms with van der Waals surface area (Å²) < 4.78 is 23.3. The number of aliphatic hydroxyl groups is 1. The first-order valence-corrected chi connectivity index (χ1v) is 19.4. The fraction of sp³-hybridized carbons (Fsp3) is 0.806. The smallest absolute Gasteiger partial charge is 0.387 e. The summed E-state index contributed by atoms with van der Waals surface area (Å²) in [6.45, 7) is 4.69. The average molecular weight is 658 g/mol. The Hall–Kier alpha value is -1.28. The van der Waals surface area contributed by atoms with Crippen LogP contribution >= 0.6 is 7.82 Å². The molecule has 3 unspecified atom stereocenters. The van der Waals surface area contributed by atoms with Gasteiger partial charge in [-0.1, -0.05) is 115 Å². The van der Waals surface area contributed by atoms with E-state index in [2.05, 4.69) is 43.5 Å². The Morgan fingerprint density at radius 2 is 1.24 bits per heavy atom. The van der Waals surface area contributed by atoms with Gasteiger partial charge < -0.3 is 19.8 Å². The lowest BCUT2D eigenvalue weighted by atomic mass is 10.1. The second-order valence-electron chi connectivity index (χ2n) is 13.2. The van der Waals surface area contributed by atoms with E-state index >= 15 is 0 Å². The molecule has 3 N–H and O–H groups in total. The maximum absolute atomic E-state index is 12.7. The third-order valence-electron chi connectivity index (χ3n) is 7.58. The summed E-state index contributed by atoms with van der Waals surface area (Å²) in [6, 6.07) is -0.864. The minimum atomic E-state index is -4.33. The number of amides is 1. The molecule has 1 amide bonds. The van der Waals surface area contributed by atoms with E-state index in [1.165, 1.54) is 57.8 Å². The predicted molar refractivity (Wildman–Crippen MR) is 189 cm³/mol. The highest BCUT2D eigenvalue weighted by atomic mass is 31.2. The number of unbranched alkanes of at least 4 members (excludes halogenated alkanes) is 14. The molecule has 0 aliphatic rings. The van der Waals surface area contributed by atoms with E-state index in [1.54, 1.807) is 6.08 Å². The largest absolute Gasteiger partial charge is 0.472 e. The maximum Gasteiger partial charge on any atom is 0.472 e. The second kappa shape index (κ2) is 28.9. The van der Waals surface area contributed by atoms with Crippen molar-refractivity contribution in [1.82, 2.24) is 5.32 Å². The van der Waals surface area contributed by atoms with Crippen molar-refractivity contribution in [2.75, 3.05) is 40.9 Å². The first kappa shape index (κ1) is 43.7. The average Bonchev–Trinajstić information content (AvgIpc) is 2.97. The molecule has 0 aliphatic heterocycles. The number of carbonyl (C=O) groups excluding carboxylic acids is 1. The number of phosphoric acid groups is 1. The quantitative estimate of drug-likeness (QED) is 0.0298. The van der Waals surface area contributed by atoms with Crippen LogP contribution < -0.4 is 5.32 Å². The van der Waals surface area contributed by atoms with Crippen molar-refractivity contribution in [3.05, 3.63) is 36.5 Å². The van der Waals surface area contributed by atoms with E-state index in [-0.39, 0.29) is 19.1 Å². The van der Waals surface area contributed by atoms with Crippen LogP contribution in [0.25, 0.3) is 0 Å². The van der Waals surface area contributed by atoms with Gasteiger partial charge in [-0.05, 0) is 51.4 Å². The molecule has 0 rings (SSSR count). The number of likely N-dealkylation sites (N-methyl/N-ethyl adjacent to an activating group) is 1. The van der Waals surface area contributed by atoms with Crippen LogP contribution in [0.3, 0.4) is 0 Å². The molecule has 0 aromatic heterocycles. The number of allylic oxidation sites excluding steroid dienone is 5. The van der Waals surface area contributed by atoms with Crippen molar-refractivity contribution in [2.24, 2.45) is 0 Å². The van der Waals surface area contributed by atoms with Gasteiger partial charge in [-0.2, -0.15) is 0 Å². The number of quaternary nitrogens is 1. The molecule has 0 aromatic carbocycles. The van der Waals surface area contributed by atoms with Gasteiger partial charge in [0.05, 0.1) is 39.9 Å². The molecule has 0 saturated carbocycles. The topological polar surface area (TPSA) is 105 Å². The maximum atomic E-state index is 12.7.